The van der Waals surface area contributed by atoms with E-state index in [1.165, 1.54) is 12.1 Å². The van der Waals surface area contributed by atoms with Gasteiger partial charge in [-0.2, -0.15) is 9.90 Å². The van der Waals surface area contributed by atoms with E-state index in [2.05, 4.69) is 51.9 Å². The molecule has 14 N–H and O–H groups in total. The summed E-state index contributed by atoms with van der Waals surface area (Å²) >= 11 is 0. The topological polar surface area (TPSA) is 327 Å². The lowest BCUT2D eigenvalue weighted by molar-refractivity contribution is -0.137. The van der Waals surface area contributed by atoms with Crippen LogP contribution < -0.4 is 38.1 Å². The molecule has 0 aliphatic carbocycles. The lowest BCUT2D eigenvalue weighted by Crippen LogP contribution is -2.42. The summed E-state index contributed by atoms with van der Waals surface area (Å²) in [4.78, 5) is 63.3. The van der Waals surface area contributed by atoms with Crippen LogP contribution in [0.25, 0.3) is 0 Å². The lowest BCUT2D eigenvalue weighted by atomic mass is 9.97. The molecule has 1 aromatic carbocycles. The highest BCUT2D eigenvalue weighted by molar-refractivity contribution is 6.92. The van der Waals surface area contributed by atoms with Crippen molar-refractivity contribution in [2.75, 3.05) is 43.4 Å². The summed E-state index contributed by atoms with van der Waals surface area (Å²) < 4.78 is 0. The zero-order chi connectivity index (χ0) is 37.8. The Morgan fingerprint density at radius 1 is 0.857 bits per heavy atom. The number of halogens is 2. The highest BCUT2D eigenvalue weighted by Gasteiger charge is 2.23. The first-order valence-electron chi connectivity index (χ1n) is 16.0. The number of aromatic carboxylic acids is 1. The highest BCUT2D eigenvalue weighted by atomic mass is 35.5. The average molecular weight is 846 g/mol. The molecule has 0 saturated heterocycles. The molecular weight excluding hydrogens is 796 g/mol. The van der Waals surface area contributed by atoms with E-state index in [-0.39, 0.29) is 71.5 Å². The molecule has 4 atom stereocenters. The maximum absolute atomic E-state index is 12.5. The monoisotopic (exact) mass is 844 g/mol. The van der Waals surface area contributed by atoms with Crippen molar-refractivity contribution in [3.05, 3.63) is 76.6 Å². The minimum Gasteiger partial charge on any atom is -0.507 e. The molecule has 2 aromatic heterocycles. The van der Waals surface area contributed by atoms with Gasteiger partial charge in [-0.15, -0.1) is 24.8 Å². The number of amides is 2. The molecule has 20 nitrogen and oxygen atoms in total. The first kappa shape index (κ1) is 50.6. The summed E-state index contributed by atoms with van der Waals surface area (Å²) in [6.45, 7) is 4.36. The number of carboxylic acid groups (broad SMARTS) is 2. The number of benzene rings is 1. The van der Waals surface area contributed by atoms with Gasteiger partial charge in [-0.05, 0) is 43.7 Å². The number of aryl methyl sites for hydroxylation is 2. The number of aliphatic hydroxyl groups excluding tert-OH is 2. The summed E-state index contributed by atoms with van der Waals surface area (Å²) in [5.41, 5.74) is 1.66. The van der Waals surface area contributed by atoms with Crippen LogP contribution in [0.3, 0.4) is 0 Å². The maximum Gasteiger partial charge on any atom is 1.00 e. The van der Waals surface area contributed by atoms with Crippen molar-refractivity contribution in [3.8, 4) is 5.75 Å². The molecule has 308 valence electrons. The van der Waals surface area contributed by atoms with Crippen molar-refractivity contribution in [1.82, 2.24) is 37.4 Å². The van der Waals surface area contributed by atoms with Gasteiger partial charge in [0.2, 0.25) is 5.91 Å². The molecule has 0 radical (unpaired) electrons. The molecule has 4 unspecified atom stereocenters. The molecule has 0 bridgehead atoms. The molecule has 23 heteroatoms. The van der Waals surface area contributed by atoms with E-state index < -0.39 is 55.0 Å². The van der Waals surface area contributed by atoms with Crippen LogP contribution in [0.2, 0.25) is 0 Å². The Kier molecular flexibility index (Phi) is 21.9. The number of aromatic hydroxyl groups is 1. The molecule has 2 aliphatic heterocycles. The summed E-state index contributed by atoms with van der Waals surface area (Å²) in [6.07, 6.45) is -1.50. The first-order valence-corrected chi connectivity index (χ1v) is 16.0. The van der Waals surface area contributed by atoms with Crippen LogP contribution >= 0.6 is 34.7 Å². The molecule has 0 saturated carbocycles. The third-order valence-electron chi connectivity index (χ3n) is 7.35. The Labute approximate surface area is 339 Å². The minimum absolute atomic E-state index is 0. The van der Waals surface area contributed by atoms with Gasteiger partial charge < -0.3 is 63.6 Å². The number of carbonyl (C=O) groups is 4. The van der Waals surface area contributed by atoms with Gasteiger partial charge in [0.1, 0.15) is 23.1 Å². The Bertz CT molecular complexity index is 1880. The SMILES string of the molecule is Cc1cc(C)c(O)c(C(CC(=O)O)NC(=O)CNC(=O)c2cccc(NC3=NCC(O)CN3)n2)c1.Cl.Cl.N.O=C(O)c1cccc(NC2=NCC(O)CN2)n1.P.[H+]. The second-order valence-corrected chi connectivity index (χ2v) is 11.7. The Balaban J connectivity index is 0. The zero-order valence-electron chi connectivity index (χ0n) is 31.5. The number of nitrogens with zero attached hydrogens (tertiary/aromatic N) is 4. The Morgan fingerprint density at radius 3 is 1.86 bits per heavy atom. The van der Waals surface area contributed by atoms with Crippen molar-refractivity contribution in [1.29, 1.82) is 0 Å². The third kappa shape index (κ3) is 15.8. The molecule has 56 heavy (non-hydrogen) atoms. The van der Waals surface area contributed by atoms with Crippen LogP contribution in [0.15, 0.2) is 58.5 Å². The van der Waals surface area contributed by atoms with Crippen molar-refractivity contribution in [2.45, 2.75) is 38.5 Å². The molecule has 2 amide bonds. The number of rotatable bonds is 10. The van der Waals surface area contributed by atoms with E-state index >= 15 is 0 Å². The highest BCUT2D eigenvalue weighted by Crippen LogP contribution is 2.31. The van der Waals surface area contributed by atoms with E-state index in [9.17, 15) is 39.6 Å². The maximum atomic E-state index is 12.5. The van der Waals surface area contributed by atoms with E-state index in [0.29, 0.717) is 48.8 Å². The van der Waals surface area contributed by atoms with Gasteiger partial charge in [-0.3, -0.25) is 24.4 Å². The fourth-order valence-corrected chi connectivity index (χ4v) is 4.90. The van der Waals surface area contributed by atoms with Gasteiger partial charge >= 0.3 is 13.4 Å². The number of hydrogen-bond acceptors (Lipinski definition) is 16. The number of phenolic OH excluding ortho intramolecular Hbond substituents is 1. The fraction of sp³-hybridized carbons (Fsp3) is 0.333. The van der Waals surface area contributed by atoms with Gasteiger partial charge in [-0.25, -0.2) is 14.8 Å². The molecule has 0 fully saturated rings. The number of carbonyl (C=O) groups excluding carboxylic acids is 2. The molecule has 3 aromatic rings. The number of aliphatic imine (C=N–C) groups is 2. The number of carboxylic acids is 2. The van der Waals surface area contributed by atoms with Gasteiger partial charge in [0.25, 0.3) is 5.91 Å². The molecule has 4 heterocycles. The molecular formula is C33H49Cl2N11O9P+. The van der Waals surface area contributed by atoms with Crippen LogP contribution in [0, 0.1) is 13.8 Å². The van der Waals surface area contributed by atoms with E-state index in [4.69, 9.17) is 5.11 Å². The molecule has 5 rings (SSSR count). The van der Waals surface area contributed by atoms with Crippen molar-refractivity contribution in [3.63, 3.8) is 0 Å². The lowest BCUT2D eigenvalue weighted by Gasteiger charge is -2.20. The third-order valence-corrected chi connectivity index (χ3v) is 7.35. The smallest absolute Gasteiger partial charge is 0.507 e. The van der Waals surface area contributed by atoms with Crippen molar-refractivity contribution < 1.29 is 46.1 Å². The summed E-state index contributed by atoms with van der Waals surface area (Å²) in [5, 5.41) is 63.7. The van der Waals surface area contributed by atoms with Crippen LogP contribution in [0.1, 0.15) is 51.6 Å². The molecule has 0 spiro atoms. The Hall–Kier alpha value is -5.37. The largest absolute Gasteiger partial charge is 1.00 e. The van der Waals surface area contributed by atoms with E-state index in [1.807, 2.05) is 0 Å². The van der Waals surface area contributed by atoms with Crippen LogP contribution in [-0.2, 0) is 9.59 Å². The quantitative estimate of drug-likeness (QED) is 0.126. The minimum atomic E-state index is -1.15. The van der Waals surface area contributed by atoms with Crippen molar-refractivity contribution in [2.24, 2.45) is 9.98 Å². The number of aliphatic carboxylic acids is 1. The van der Waals surface area contributed by atoms with Gasteiger partial charge in [0.15, 0.2) is 17.6 Å². The standard InChI is InChI=1S/C23H28N6O6.C10H12N4O3.2ClH.H3N.H3P/c1-12-6-13(2)21(34)15(7-12)17(8-20(32)33)28-19(31)11-24-22(35)16-4-3-5-18(27-16)29-23-25-9-14(30)10-26-23;15-6-4-11-10(12-5-6)14-8-3-1-2-7(13-8)9(16)17;;;;/h3-7,14,17,30,34H,8-11H2,1-2H3,(H,24,35)(H,28,31)(H,32,33)(H2,25,26,27,29);1-3,6,15H,4-5H2,(H,16,17)(H2,11,12,13,14);2*1H;2*1H3/p+1. The Morgan fingerprint density at radius 2 is 1.38 bits per heavy atom. The van der Waals surface area contributed by atoms with Crippen molar-refractivity contribution >= 4 is 82.0 Å². The normalized spacial score (nSPS) is 15.7. The second kappa shape index (κ2) is 24.2. The number of phenols is 1. The summed E-state index contributed by atoms with van der Waals surface area (Å²) in [6, 6.07) is 11.7. The predicted molar refractivity (Wildman–Crippen MR) is 220 cm³/mol. The fourth-order valence-electron chi connectivity index (χ4n) is 4.90. The van der Waals surface area contributed by atoms with Gasteiger partial charge in [0.05, 0.1) is 44.3 Å². The van der Waals surface area contributed by atoms with E-state index in [0.717, 1.165) is 5.56 Å². The number of pyridine rings is 2. The van der Waals surface area contributed by atoms with E-state index in [1.54, 1.807) is 50.2 Å². The number of aliphatic hydroxyl groups is 2. The zero-order valence-corrected chi connectivity index (χ0v) is 33.5. The summed E-state index contributed by atoms with van der Waals surface area (Å²) in [5.74, 6) is -1.93. The molecule has 2 aliphatic rings. The number of aromatic nitrogens is 2. The van der Waals surface area contributed by atoms with Crippen LogP contribution in [0.4, 0.5) is 11.6 Å². The number of β-amino-alcohol motifs (C(OH)–C–C–N with tert-alkyl or cyclic N) is 2. The predicted octanol–water partition coefficient (Wildman–Crippen LogP) is 0.886. The number of hydrogen-bond donors (Lipinski definition) is 12. The van der Waals surface area contributed by atoms with Gasteiger partial charge in [-0.1, -0.05) is 29.8 Å². The average Bonchev–Trinajstić information content (AvgIpc) is 3.11. The number of anilines is 2. The number of guanidine groups is 2. The second-order valence-electron chi connectivity index (χ2n) is 11.7. The van der Waals surface area contributed by atoms with Crippen LogP contribution in [0.5, 0.6) is 5.75 Å². The van der Waals surface area contributed by atoms with Gasteiger partial charge in [0, 0.05) is 18.7 Å². The number of nitrogens with one attached hydrogen (secondary N) is 6. The summed E-state index contributed by atoms with van der Waals surface area (Å²) in [7, 11) is 0. The van der Waals surface area contributed by atoms with Crippen LogP contribution in [-0.4, -0.2) is 116 Å². The first-order chi connectivity index (χ1) is 24.8.